The smallest absolute Gasteiger partial charge is 0.321 e. The van der Waals surface area contributed by atoms with Gasteiger partial charge in [0, 0.05) is 40.3 Å². The maximum Gasteiger partial charge on any atom is 0.321 e. The van der Waals surface area contributed by atoms with Crippen LogP contribution in [0.2, 0.25) is 0 Å². The Balaban J connectivity index is 1.59. The van der Waals surface area contributed by atoms with Crippen LogP contribution >= 0.6 is 34.4 Å². The molecule has 1 heterocycles. The Morgan fingerprint density at radius 2 is 1.83 bits per heavy atom. The number of urea groups is 1. The molecule has 1 aliphatic rings. The summed E-state index contributed by atoms with van der Waals surface area (Å²) < 4.78 is 1.11. The summed E-state index contributed by atoms with van der Waals surface area (Å²) in [5, 5.41) is 2.99. The van der Waals surface area contributed by atoms with Gasteiger partial charge in [0.2, 0.25) is 0 Å². The molecule has 4 nitrogen and oxygen atoms in total. The lowest BCUT2D eigenvalue weighted by Crippen LogP contribution is -2.50. The van der Waals surface area contributed by atoms with E-state index in [1.165, 1.54) is 10.6 Å². The molecule has 2 amide bonds. The number of hydrogen-bond acceptors (Lipinski definition) is 3. The summed E-state index contributed by atoms with van der Waals surface area (Å²) in [5.74, 6) is 0. The van der Waals surface area contributed by atoms with Crippen LogP contribution in [0.15, 0.2) is 53.4 Å². The van der Waals surface area contributed by atoms with Gasteiger partial charge in [0.25, 0.3) is 0 Å². The summed E-state index contributed by atoms with van der Waals surface area (Å²) in [7, 11) is 0. The zero-order valence-corrected chi connectivity index (χ0v) is 16.5. The summed E-state index contributed by atoms with van der Waals surface area (Å²) in [6.45, 7) is 3.19. The fourth-order valence-electron chi connectivity index (χ4n) is 2.81. The van der Waals surface area contributed by atoms with Crippen LogP contribution in [0.3, 0.4) is 0 Å². The fourth-order valence-corrected chi connectivity index (χ4v) is 3.97. The van der Waals surface area contributed by atoms with Gasteiger partial charge in [-0.1, -0.05) is 18.2 Å². The number of piperazine rings is 1. The molecule has 0 bridgehead atoms. The van der Waals surface area contributed by atoms with Gasteiger partial charge in [0.05, 0.1) is 5.69 Å². The molecule has 0 unspecified atom stereocenters. The summed E-state index contributed by atoms with van der Waals surface area (Å²) in [4.78, 5) is 18.0. The highest BCUT2D eigenvalue weighted by molar-refractivity contribution is 14.1. The van der Waals surface area contributed by atoms with Gasteiger partial charge in [-0.05, 0) is 59.2 Å². The molecule has 0 atom stereocenters. The van der Waals surface area contributed by atoms with E-state index in [0.29, 0.717) is 0 Å². The molecule has 1 fully saturated rings. The van der Waals surface area contributed by atoms with E-state index in [1.54, 1.807) is 11.8 Å². The third-order valence-electron chi connectivity index (χ3n) is 4.07. The Labute approximate surface area is 160 Å². The van der Waals surface area contributed by atoms with Crippen molar-refractivity contribution in [1.29, 1.82) is 0 Å². The zero-order chi connectivity index (χ0) is 16.9. The number of halogens is 1. The van der Waals surface area contributed by atoms with Crippen molar-refractivity contribution < 1.29 is 4.79 Å². The van der Waals surface area contributed by atoms with Crippen LogP contribution < -0.4 is 10.2 Å². The lowest BCUT2D eigenvalue weighted by molar-refractivity contribution is 0.208. The molecule has 24 heavy (non-hydrogen) atoms. The van der Waals surface area contributed by atoms with Crippen LogP contribution in [-0.4, -0.2) is 43.4 Å². The number of amides is 2. The van der Waals surface area contributed by atoms with Crippen LogP contribution in [0.25, 0.3) is 0 Å². The van der Waals surface area contributed by atoms with Crippen molar-refractivity contribution in [3.63, 3.8) is 0 Å². The van der Waals surface area contributed by atoms with Crippen LogP contribution in [0.5, 0.6) is 0 Å². The number of anilines is 2. The van der Waals surface area contributed by atoms with Crippen molar-refractivity contribution >= 4 is 51.8 Å². The molecule has 0 saturated carbocycles. The van der Waals surface area contributed by atoms with Crippen LogP contribution in [0.1, 0.15) is 0 Å². The molecule has 3 rings (SSSR count). The molecule has 0 aromatic heterocycles. The average molecular weight is 453 g/mol. The predicted molar refractivity (Wildman–Crippen MR) is 110 cm³/mol. The van der Waals surface area contributed by atoms with Gasteiger partial charge < -0.3 is 15.1 Å². The SMILES string of the molecule is CSc1ccccc1N1CCN(C(=O)Nc2cccc(I)c2)CC1. The van der Waals surface area contributed by atoms with Crippen molar-refractivity contribution in [2.24, 2.45) is 0 Å². The molecule has 0 spiro atoms. The quantitative estimate of drug-likeness (QED) is 0.554. The highest BCUT2D eigenvalue weighted by Gasteiger charge is 2.22. The standard InChI is InChI=1S/C18H20IN3OS/c1-24-17-8-3-2-7-16(17)21-9-11-22(12-10-21)18(23)20-15-6-4-5-14(19)13-15/h2-8,13H,9-12H2,1H3,(H,20,23). The number of thioether (sulfide) groups is 1. The molecule has 1 saturated heterocycles. The Kier molecular flexibility index (Phi) is 5.89. The monoisotopic (exact) mass is 453 g/mol. The lowest BCUT2D eigenvalue weighted by Gasteiger charge is -2.36. The molecule has 0 radical (unpaired) electrons. The average Bonchev–Trinajstić information content (AvgIpc) is 2.62. The number of nitrogens with one attached hydrogen (secondary N) is 1. The third-order valence-corrected chi connectivity index (χ3v) is 5.52. The largest absolute Gasteiger partial charge is 0.367 e. The number of rotatable bonds is 3. The van der Waals surface area contributed by atoms with E-state index >= 15 is 0 Å². The second-order valence-electron chi connectivity index (χ2n) is 5.59. The number of hydrogen-bond donors (Lipinski definition) is 1. The number of benzene rings is 2. The minimum Gasteiger partial charge on any atom is -0.367 e. The molecule has 1 aliphatic heterocycles. The fraction of sp³-hybridized carbons (Fsp3) is 0.278. The van der Waals surface area contributed by atoms with Gasteiger partial charge in [0.1, 0.15) is 0 Å². The zero-order valence-electron chi connectivity index (χ0n) is 13.5. The molecule has 6 heteroatoms. The maximum atomic E-state index is 12.4. The molecule has 1 N–H and O–H groups in total. The normalized spacial score (nSPS) is 14.6. The highest BCUT2D eigenvalue weighted by Crippen LogP contribution is 2.29. The first-order valence-electron chi connectivity index (χ1n) is 7.87. The molecule has 0 aliphatic carbocycles. The van der Waals surface area contributed by atoms with Crippen molar-refractivity contribution in [3.8, 4) is 0 Å². The lowest BCUT2D eigenvalue weighted by atomic mass is 10.2. The van der Waals surface area contributed by atoms with Crippen molar-refractivity contribution in [2.75, 3.05) is 42.7 Å². The van der Waals surface area contributed by atoms with E-state index in [9.17, 15) is 4.79 Å². The summed E-state index contributed by atoms with van der Waals surface area (Å²) in [5.41, 5.74) is 2.12. The number of nitrogens with zero attached hydrogens (tertiary/aromatic N) is 2. The number of para-hydroxylation sites is 1. The minimum atomic E-state index is -0.0187. The van der Waals surface area contributed by atoms with E-state index in [-0.39, 0.29) is 6.03 Å². The minimum absolute atomic E-state index is 0.0187. The first-order chi connectivity index (χ1) is 11.7. The van der Waals surface area contributed by atoms with E-state index in [1.807, 2.05) is 29.2 Å². The second-order valence-corrected chi connectivity index (χ2v) is 7.68. The Morgan fingerprint density at radius 1 is 1.08 bits per heavy atom. The number of carbonyl (C=O) groups excluding carboxylic acids is 1. The van der Waals surface area contributed by atoms with Gasteiger partial charge in [-0.15, -0.1) is 11.8 Å². The van der Waals surface area contributed by atoms with Crippen LogP contribution in [-0.2, 0) is 0 Å². The summed E-state index contributed by atoms with van der Waals surface area (Å²) in [6, 6.07) is 16.3. The number of carbonyl (C=O) groups is 1. The Hall–Kier alpha value is -1.41. The first kappa shape index (κ1) is 17.4. The highest BCUT2D eigenvalue weighted by atomic mass is 127. The molecular weight excluding hydrogens is 433 g/mol. The van der Waals surface area contributed by atoms with E-state index in [2.05, 4.69) is 63.3 Å². The molecule has 2 aromatic rings. The maximum absolute atomic E-state index is 12.4. The van der Waals surface area contributed by atoms with Crippen LogP contribution in [0.4, 0.5) is 16.2 Å². The molecular formula is C18H20IN3OS. The van der Waals surface area contributed by atoms with Gasteiger partial charge in [-0.25, -0.2) is 4.79 Å². The van der Waals surface area contributed by atoms with Gasteiger partial charge in [-0.2, -0.15) is 0 Å². The Bertz CT molecular complexity index is 717. The second kappa shape index (κ2) is 8.11. The first-order valence-corrected chi connectivity index (χ1v) is 10.2. The van der Waals surface area contributed by atoms with Crippen LogP contribution in [0, 0.1) is 3.57 Å². The predicted octanol–water partition coefficient (Wildman–Crippen LogP) is 4.37. The van der Waals surface area contributed by atoms with Crippen molar-refractivity contribution in [1.82, 2.24) is 4.90 Å². The molecule has 126 valence electrons. The van der Waals surface area contributed by atoms with E-state index in [4.69, 9.17) is 0 Å². The van der Waals surface area contributed by atoms with Crippen molar-refractivity contribution in [3.05, 3.63) is 52.1 Å². The summed E-state index contributed by atoms with van der Waals surface area (Å²) >= 11 is 4.01. The topological polar surface area (TPSA) is 35.6 Å². The van der Waals surface area contributed by atoms with Crippen molar-refractivity contribution in [2.45, 2.75) is 4.90 Å². The summed E-state index contributed by atoms with van der Waals surface area (Å²) in [6.07, 6.45) is 2.10. The van der Waals surface area contributed by atoms with E-state index in [0.717, 1.165) is 35.4 Å². The Morgan fingerprint density at radius 3 is 2.54 bits per heavy atom. The van der Waals surface area contributed by atoms with Gasteiger partial charge >= 0.3 is 6.03 Å². The third kappa shape index (κ3) is 4.16. The van der Waals surface area contributed by atoms with Gasteiger partial charge in [-0.3, -0.25) is 0 Å². The molecule has 2 aromatic carbocycles. The van der Waals surface area contributed by atoms with E-state index < -0.39 is 0 Å². The van der Waals surface area contributed by atoms with Gasteiger partial charge in [0.15, 0.2) is 0 Å².